The molecule has 2 fully saturated rings. The molecule has 166 valence electrons. The number of hydrogen-bond acceptors (Lipinski definition) is 7. The molecule has 15 heteroatoms. The summed E-state index contributed by atoms with van der Waals surface area (Å²) in [7, 11) is 1.16. The van der Waals surface area contributed by atoms with Gasteiger partial charge in [-0.1, -0.05) is 0 Å². The number of nitrogens with one attached hydrogen (secondary N) is 1. The lowest BCUT2D eigenvalue weighted by Crippen LogP contribution is -2.72. The van der Waals surface area contributed by atoms with Gasteiger partial charge in [-0.25, -0.2) is 24.1 Å². The fourth-order valence-corrected chi connectivity index (χ4v) is 3.41. The number of ether oxygens (including phenoxy) is 1. The van der Waals surface area contributed by atoms with E-state index in [1.54, 1.807) is 0 Å². The summed E-state index contributed by atoms with van der Waals surface area (Å²) in [4.78, 5) is 56.9. The summed E-state index contributed by atoms with van der Waals surface area (Å²) in [5.74, 6) is -4.45. The van der Waals surface area contributed by atoms with Crippen LogP contribution in [-0.4, -0.2) is 88.4 Å². The van der Waals surface area contributed by atoms with Gasteiger partial charge < -0.3 is 26.0 Å². The second-order valence-corrected chi connectivity index (χ2v) is 6.46. The number of piperidine rings is 1. The van der Waals surface area contributed by atoms with Crippen molar-refractivity contribution < 1.29 is 52.1 Å². The highest BCUT2D eigenvalue weighted by Gasteiger charge is 2.61. The standard InChI is InChI=1S/C13H16N4O6.C2HF3O2/c1-16(12(14)21)13(22)23-4-6-5-2-3-15-7-8(5)17(10(7)18)9(6)11(19)20;3-2(4,5)1(6)7/h5,7-8,15H,2-4H2,1H3,(H2,14,21)(H,19,20);(H,6,7)/t5?,7-,8+;/m0./s1. The Hall–Kier alpha value is -3.36. The minimum atomic E-state index is -5.08. The second-order valence-electron chi connectivity index (χ2n) is 6.46. The highest BCUT2D eigenvalue weighted by Crippen LogP contribution is 2.46. The number of nitrogens with zero attached hydrogens (tertiary/aromatic N) is 2. The average molecular weight is 438 g/mol. The number of carbonyl (C=O) groups is 5. The number of carboxylic acid groups (broad SMARTS) is 2. The van der Waals surface area contributed by atoms with Crippen LogP contribution in [0.1, 0.15) is 6.42 Å². The topological polar surface area (TPSA) is 180 Å². The fourth-order valence-electron chi connectivity index (χ4n) is 3.41. The average Bonchev–Trinajstić information content (AvgIpc) is 2.98. The highest BCUT2D eigenvalue weighted by molar-refractivity contribution is 6.01. The summed E-state index contributed by atoms with van der Waals surface area (Å²) in [5, 5.41) is 19.6. The highest BCUT2D eigenvalue weighted by atomic mass is 19.4. The Morgan fingerprint density at radius 1 is 1.30 bits per heavy atom. The Kier molecular flexibility index (Phi) is 6.25. The maximum atomic E-state index is 12.0. The van der Waals surface area contributed by atoms with Gasteiger partial charge in [0.2, 0.25) is 5.91 Å². The van der Waals surface area contributed by atoms with Crippen molar-refractivity contribution in [2.75, 3.05) is 20.2 Å². The first-order chi connectivity index (χ1) is 13.8. The molecule has 3 heterocycles. The number of alkyl halides is 3. The van der Waals surface area contributed by atoms with Gasteiger partial charge in [0.1, 0.15) is 18.3 Å². The van der Waals surface area contributed by atoms with Gasteiger partial charge in [0.15, 0.2) is 0 Å². The largest absolute Gasteiger partial charge is 0.490 e. The third kappa shape index (κ3) is 4.14. The number of urea groups is 1. The SMILES string of the molecule is CN(C(N)=O)C(=O)OCC1=C(C(=O)O)N2C(=O)[C@H]3NCCC1[C@H]32.O=C(O)C(F)(F)F. The number of rotatable bonds is 3. The Bertz CT molecular complexity index is 827. The van der Waals surface area contributed by atoms with Crippen molar-refractivity contribution >= 4 is 30.0 Å². The van der Waals surface area contributed by atoms with Crippen LogP contribution in [0.4, 0.5) is 22.8 Å². The van der Waals surface area contributed by atoms with Crippen LogP contribution >= 0.6 is 0 Å². The van der Waals surface area contributed by atoms with Crippen LogP contribution < -0.4 is 11.1 Å². The third-order valence-electron chi connectivity index (χ3n) is 4.77. The van der Waals surface area contributed by atoms with E-state index in [0.29, 0.717) is 23.4 Å². The van der Waals surface area contributed by atoms with Gasteiger partial charge in [0.25, 0.3) is 0 Å². The molecular formula is C15H17F3N4O8. The molecule has 0 bridgehead atoms. The lowest BCUT2D eigenvalue weighted by atomic mass is 9.79. The lowest BCUT2D eigenvalue weighted by molar-refractivity contribution is -0.192. The Labute approximate surface area is 166 Å². The van der Waals surface area contributed by atoms with Crippen LogP contribution in [0.25, 0.3) is 0 Å². The number of β-lactam (4-membered cyclic amide) rings is 1. The number of carboxylic acids is 2. The van der Waals surface area contributed by atoms with Crippen molar-refractivity contribution in [3.8, 4) is 0 Å². The van der Waals surface area contributed by atoms with Crippen LogP contribution in [0.2, 0.25) is 0 Å². The number of halogens is 3. The summed E-state index contributed by atoms with van der Waals surface area (Å²) in [6, 6.07) is -1.61. The number of imide groups is 1. The zero-order valence-electron chi connectivity index (χ0n) is 15.3. The number of primary amides is 1. The number of aliphatic carboxylic acids is 2. The molecule has 12 nitrogen and oxygen atoms in total. The van der Waals surface area contributed by atoms with Gasteiger partial charge >= 0.3 is 30.2 Å². The van der Waals surface area contributed by atoms with E-state index in [1.165, 1.54) is 4.90 Å². The molecule has 30 heavy (non-hydrogen) atoms. The summed E-state index contributed by atoms with van der Waals surface area (Å²) in [5.41, 5.74) is 5.24. The van der Waals surface area contributed by atoms with Gasteiger partial charge in [-0.05, 0) is 13.0 Å². The van der Waals surface area contributed by atoms with Crippen molar-refractivity contribution in [3.63, 3.8) is 0 Å². The van der Waals surface area contributed by atoms with Crippen molar-refractivity contribution in [2.24, 2.45) is 11.7 Å². The van der Waals surface area contributed by atoms with E-state index in [9.17, 15) is 37.5 Å². The summed E-state index contributed by atoms with van der Waals surface area (Å²) in [6.07, 6.45) is -5.42. The molecule has 0 aromatic heterocycles. The molecule has 1 unspecified atom stereocenters. The fraction of sp³-hybridized carbons (Fsp3) is 0.533. The van der Waals surface area contributed by atoms with E-state index in [2.05, 4.69) is 5.32 Å². The molecule has 0 saturated carbocycles. The van der Waals surface area contributed by atoms with Gasteiger partial charge in [-0.15, -0.1) is 0 Å². The predicted molar refractivity (Wildman–Crippen MR) is 87.6 cm³/mol. The van der Waals surface area contributed by atoms with Crippen LogP contribution in [0, 0.1) is 5.92 Å². The van der Waals surface area contributed by atoms with Crippen LogP contribution in [0.3, 0.4) is 0 Å². The molecule has 3 atom stereocenters. The summed E-state index contributed by atoms with van der Waals surface area (Å²) >= 11 is 0. The first kappa shape index (κ1) is 22.9. The van der Waals surface area contributed by atoms with Crippen LogP contribution in [0.5, 0.6) is 0 Å². The number of carbonyl (C=O) groups excluding carboxylic acids is 3. The zero-order valence-corrected chi connectivity index (χ0v) is 15.3. The van der Waals surface area contributed by atoms with Gasteiger partial charge in [0, 0.05) is 18.5 Å². The molecule has 0 spiro atoms. The lowest BCUT2D eigenvalue weighted by Gasteiger charge is -2.48. The third-order valence-corrected chi connectivity index (χ3v) is 4.77. The van der Waals surface area contributed by atoms with E-state index in [-0.39, 0.29) is 36.2 Å². The molecule has 3 aliphatic rings. The smallest absolute Gasteiger partial charge is 0.477 e. The zero-order chi connectivity index (χ0) is 23.0. The van der Waals surface area contributed by atoms with E-state index < -0.39 is 30.2 Å². The maximum Gasteiger partial charge on any atom is 0.490 e. The minimum Gasteiger partial charge on any atom is -0.477 e. The molecule has 0 aromatic carbocycles. The van der Waals surface area contributed by atoms with Crippen molar-refractivity contribution in [1.82, 2.24) is 15.1 Å². The number of amides is 4. The molecule has 5 N–H and O–H groups in total. The Morgan fingerprint density at radius 2 is 1.87 bits per heavy atom. The molecule has 0 radical (unpaired) electrons. The monoisotopic (exact) mass is 438 g/mol. The van der Waals surface area contributed by atoms with Crippen molar-refractivity contribution in [2.45, 2.75) is 24.7 Å². The normalized spacial score (nSPS) is 24.2. The van der Waals surface area contributed by atoms with E-state index in [1.807, 2.05) is 0 Å². The molecule has 3 aliphatic heterocycles. The minimum absolute atomic E-state index is 0.125. The van der Waals surface area contributed by atoms with E-state index in [4.69, 9.17) is 20.4 Å². The summed E-state index contributed by atoms with van der Waals surface area (Å²) < 4.78 is 36.7. The summed E-state index contributed by atoms with van der Waals surface area (Å²) in [6.45, 7) is 0.284. The van der Waals surface area contributed by atoms with Crippen molar-refractivity contribution in [3.05, 3.63) is 11.3 Å². The van der Waals surface area contributed by atoms with Crippen molar-refractivity contribution in [1.29, 1.82) is 0 Å². The second kappa shape index (κ2) is 8.17. The molecule has 4 amide bonds. The number of nitrogens with two attached hydrogens (primary N) is 1. The predicted octanol–water partition coefficient (Wildman–Crippen LogP) is -0.692. The van der Waals surface area contributed by atoms with Crippen LogP contribution in [0.15, 0.2) is 11.3 Å². The molecule has 0 aromatic rings. The van der Waals surface area contributed by atoms with Gasteiger partial charge in [-0.2, -0.15) is 13.2 Å². The molecule has 2 saturated heterocycles. The quantitative estimate of drug-likeness (QED) is 0.415. The van der Waals surface area contributed by atoms with E-state index in [0.717, 1.165) is 7.05 Å². The first-order valence-electron chi connectivity index (χ1n) is 8.31. The molecular weight excluding hydrogens is 421 g/mol. The Morgan fingerprint density at radius 3 is 2.33 bits per heavy atom. The molecule has 3 rings (SSSR count). The first-order valence-corrected chi connectivity index (χ1v) is 8.31. The number of hydrogen-bond donors (Lipinski definition) is 4. The van der Waals surface area contributed by atoms with Crippen LogP contribution in [-0.2, 0) is 19.1 Å². The Balaban J connectivity index is 0.000000396. The maximum absolute atomic E-state index is 12.0. The van der Waals surface area contributed by atoms with E-state index >= 15 is 0 Å². The van der Waals surface area contributed by atoms with Gasteiger partial charge in [-0.3, -0.25) is 9.69 Å². The van der Waals surface area contributed by atoms with Gasteiger partial charge in [0.05, 0.1) is 6.04 Å². The molecule has 0 aliphatic carbocycles.